The highest BCUT2D eigenvalue weighted by Crippen LogP contribution is 2.28. The first-order valence-electron chi connectivity index (χ1n) is 8.61. The Morgan fingerprint density at radius 1 is 1.24 bits per heavy atom. The number of hydrogen-bond donors (Lipinski definition) is 2. The molecule has 132 valence electrons. The first-order valence-corrected chi connectivity index (χ1v) is 8.61. The molecule has 0 spiro atoms. The van der Waals surface area contributed by atoms with Crippen molar-refractivity contribution < 1.29 is 9.59 Å². The van der Waals surface area contributed by atoms with Crippen LogP contribution in [0, 0.1) is 5.92 Å². The van der Waals surface area contributed by atoms with Crippen LogP contribution in [0.3, 0.4) is 0 Å². The second kappa shape index (κ2) is 7.92. The van der Waals surface area contributed by atoms with Crippen molar-refractivity contribution >= 4 is 17.5 Å². The maximum absolute atomic E-state index is 12.6. The number of nitrogens with zero attached hydrogens (tertiary/aromatic N) is 3. The zero-order valence-electron chi connectivity index (χ0n) is 14.3. The smallest absolute Gasteiger partial charge is 0.247 e. The van der Waals surface area contributed by atoms with Crippen molar-refractivity contribution in [2.45, 2.75) is 45.2 Å². The molecule has 1 aromatic carbocycles. The number of carbonyl (C=O) groups excluding carboxylic acids is 2. The molecule has 2 amide bonds. The third-order valence-electron chi connectivity index (χ3n) is 4.55. The summed E-state index contributed by atoms with van der Waals surface area (Å²) >= 11 is 0. The molecule has 7 nitrogen and oxygen atoms in total. The fraction of sp³-hybridized carbons (Fsp3) is 0.444. The van der Waals surface area contributed by atoms with Crippen LogP contribution in [0.1, 0.15) is 38.2 Å². The summed E-state index contributed by atoms with van der Waals surface area (Å²) in [6.07, 6.45) is 7.36. The van der Waals surface area contributed by atoms with Crippen LogP contribution in [0.25, 0.3) is 0 Å². The van der Waals surface area contributed by atoms with Gasteiger partial charge in [-0.15, -0.1) is 0 Å². The molecule has 25 heavy (non-hydrogen) atoms. The van der Waals surface area contributed by atoms with Gasteiger partial charge in [0.15, 0.2) is 0 Å². The minimum absolute atomic E-state index is 0.147. The zero-order chi connectivity index (χ0) is 17.6. The number of rotatable bonds is 6. The van der Waals surface area contributed by atoms with Crippen LogP contribution in [0.15, 0.2) is 36.9 Å². The van der Waals surface area contributed by atoms with Crippen molar-refractivity contribution in [3.63, 3.8) is 0 Å². The van der Waals surface area contributed by atoms with Crippen molar-refractivity contribution in [2.24, 2.45) is 5.92 Å². The van der Waals surface area contributed by atoms with Gasteiger partial charge in [-0.3, -0.25) is 9.59 Å². The lowest BCUT2D eigenvalue weighted by molar-refractivity contribution is -0.126. The topological polar surface area (TPSA) is 88.9 Å². The molecule has 0 saturated heterocycles. The predicted molar refractivity (Wildman–Crippen MR) is 93.8 cm³/mol. The Balaban J connectivity index is 1.63. The van der Waals surface area contributed by atoms with Gasteiger partial charge in [0.25, 0.3) is 0 Å². The zero-order valence-corrected chi connectivity index (χ0v) is 14.3. The molecule has 1 aromatic heterocycles. The predicted octanol–water partition coefficient (Wildman–Crippen LogP) is 1.96. The Bertz CT molecular complexity index is 706. The quantitative estimate of drug-likeness (QED) is 0.840. The summed E-state index contributed by atoms with van der Waals surface area (Å²) < 4.78 is 1.74. The average Bonchev–Trinajstić information content (AvgIpc) is 3.28. The molecule has 2 aromatic rings. The highest BCUT2D eigenvalue weighted by molar-refractivity contribution is 5.97. The van der Waals surface area contributed by atoms with Gasteiger partial charge in [-0.1, -0.05) is 25.0 Å². The van der Waals surface area contributed by atoms with Crippen molar-refractivity contribution in [1.29, 1.82) is 0 Å². The van der Waals surface area contributed by atoms with Gasteiger partial charge in [-0.2, -0.15) is 5.10 Å². The van der Waals surface area contributed by atoms with E-state index in [1.54, 1.807) is 11.0 Å². The van der Waals surface area contributed by atoms with Crippen LogP contribution in [0.5, 0.6) is 0 Å². The minimum atomic E-state index is -0.463. The van der Waals surface area contributed by atoms with E-state index in [2.05, 4.69) is 20.7 Å². The van der Waals surface area contributed by atoms with Crippen LogP contribution in [-0.2, 0) is 16.1 Å². The van der Waals surface area contributed by atoms with Crippen LogP contribution in [0.4, 0.5) is 5.69 Å². The van der Waals surface area contributed by atoms with Crippen LogP contribution in [0.2, 0.25) is 0 Å². The lowest BCUT2D eigenvalue weighted by Crippen LogP contribution is -2.47. The SMILES string of the molecule is CC(=O)NC(C(=O)Nc1ccc(Cn2cncn2)cc1)C1CCCC1. The van der Waals surface area contributed by atoms with Gasteiger partial charge in [0, 0.05) is 12.6 Å². The maximum Gasteiger partial charge on any atom is 0.247 e. The number of anilines is 1. The monoisotopic (exact) mass is 341 g/mol. The lowest BCUT2D eigenvalue weighted by Gasteiger charge is -2.23. The van der Waals surface area contributed by atoms with Gasteiger partial charge in [0.1, 0.15) is 18.7 Å². The van der Waals surface area contributed by atoms with Gasteiger partial charge < -0.3 is 10.6 Å². The highest BCUT2D eigenvalue weighted by atomic mass is 16.2. The van der Waals surface area contributed by atoms with Gasteiger partial charge in [-0.25, -0.2) is 9.67 Å². The van der Waals surface area contributed by atoms with E-state index in [0.717, 1.165) is 36.9 Å². The molecular weight excluding hydrogens is 318 g/mol. The molecular formula is C18H23N5O2. The van der Waals surface area contributed by atoms with E-state index in [1.165, 1.54) is 13.3 Å². The Hall–Kier alpha value is -2.70. The van der Waals surface area contributed by atoms with E-state index in [1.807, 2.05) is 24.3 Å². The Morgan fingerprint density at radius 3 is 2.56 bits per heavy atom. The number of carbonyl (C=O) groups is 2. The molecule has 1 atom stereocenters. The van der Waals surface area contributed by atoms with E-state index in [9.17, 15) is 9.59 Å². The lowest BCUT2D eigenvalue weighted by atomic mass is 9.97. The molecule has 3 rings (SSSR count). The number of aromatic nitrogens is 3. The fourth-order valence-electron chi connectivity index (χ4n) is 3.32. The summed E-state index contributed by atoms with van der Waals surface area (Å²) in [5.41, 5.74) is 1.79. The maximum atomic E-state index is 12.6. The molecule has 1 saturated carbocycles. The van der Waals surface area contributed by atoms with E-state index in [-0.39, 0.29) is 17.7 Å². The van der Waals surface area contributed by atoms with Gasteiger partial charge in [-0.05, 0) is 36.5 Å². The number of benzene rings is 1. The first-order chi connectivity index (χ1) is 12.1. The summed E-state index contributed by atoms with van der Waals surface area (Å²) in [4.78, 5) is 28.0. The average molecular weight is 341 g/mol. The van der Waals surface area contributed by atoms with Crippen LogP contribution < -0.4 is 10.6 Å². The van der Waals surface area contributed by atoms with Crippen molar-refractivity contribution in [3.05, 3.63) is 42.5 Å². The Labute approximate surface area is 146 Å². The van der Waals surface area contributed by atoms with Crippen molar-refractivity contribution in [3.8, 4) is 0 Å². The molecule has 0 bridgehead atoms. The second-order valence-electron chi connectivity index (χ2n) is 6.50. The summed E-state index contributed by atoms with van der Waals surface area (Å²) in [7, 11) is 0. The molecule has 2 N–H and O–H groups in total. The molecule has 1 heterocycles. The second-order valence-corrected chi connectivity index (χ2v) is 6.50. The van der Waals surface area contributed by atoms with Crippen molar-refractivity contribution in [2.75, 3.05) is 5.32 Å². The van der Waals surface area contributed by atoms with Gasteiger partial charge >= 0.3 is 0 Å². The van der Waals surface area contributed by atoms with E-state index in [4.69, 9.17) is 0 Å². The van der Waals surface area contributed by atoms with Gasteiger partial charge in [0.05, 0.1) is 6.54 Å². The summed E-state index contributed by atoms with van der Waals surface area (Å²) in [6.45, 7) is 2.08. The Kier molecular flexibility index (Phi) is 5.42. The van der Waals surface area contributed by atoms with Crippen molar-refractivity contribution in [1.82, 2.24) is 20.1 Å². The number of amides is 2. The molecule has 7 heteroatoms. The first kappa shape index (κ1) is 17.1. The molecule has 1 aliphatic rings. The van der Waals surface area contributed by atoms with Crippen LogP contribution in [-0.4, -0.2) is 32.6 Å². The summed E-state index contributed by atoms with van der Waals surface area (Å²) in [5, 5.41) is 9.81. The standard InChI is InChI=1S/C18H23N5O2/c1-13(24)21-17(15-4-2-3-5-15)18(25)22-16-8-6-14(7-9-16)10-23-12-19-11-20-23/h6-9,11-12,15,17H,2-5,10H2,1H3,(H,21,24)(H,22,25). The number of nitrogens with one attached hydrogen (secondary N) is 2. The van der Waals surface area contributed by atoms with E-state index in [0.29, 0.717) is 6.54 Å². The Morgan fingerprint density at radius 2 is 1.96 bits per heavy atom. The third kappa shape index (κ3) is 4.65. The summed E-state index contributed by atoms with van der Waals surface area (Å²) in [6, 6.07) is 7.16. The van der Waals surface area contributed by atoms with E-state index < -0.39 is 6.04 Å². The number of hydrogen-bond acceptors (Lipinski definition) is 4. The summed E-state index contributed by atoms with van der Waals surface area (Å²) in [5.74, 6) is -0.100. The minimum Gasteiger partial charge on any atom is -0.344 e. The van der Waals surface area contributed by atoms with E-state index >= 15 is 0 Å². The highest BCUT2D eigenvalue weighted by Gasteiger charge is 2.31. The van der Waals surface area contributed by atoms with Crippen LogP contribution >= 0.6 is 0 Å². The molecule has 1 unspecified atom stereocenters. The largest absolute Gasteiger partial charge is 0.344 e. The normalized spacial score (nSPS) is 15.7. The fourth-order valence-corrected chi connectivity index (χ4v) is 3.32. The third-order valence-corrected chi connectivity index (χ3v) is 4.55. The molecule has 0 aliphatic heterocycles. The molecule has 1 fully saturated rings. The molecule has 0 radical (unpaired) electrons. The molecule has 1 aliphatic carbocycles. The van der Waals surface area contributed by atoms with Gasteiger partial charge in [0.2, 0.25) is 11.8 Å².